The van der Waals surface area contributed by atoms with Gasteiger partial charge in [-0.25, -0.2) is 0 Å². The first-order valence-electron chi connectivity index (χ1n) is 9.17. The van der Waals surface area contributed by atoms with Gasteiger partial charge in [0.25, 0.3) is 5.91 Å². The molecule has 142 valence electrons. The first-order valence-corrected chi connectivity index (χ1v) is 9.17. The van der Waals surface area contributed by atoms with Crippen LogP contribution in [0.4, 0.5) is 5.69 Å². The van der Waals surface area contributed by atoms with Gasteiger partial charge in [-0.2, -0.15) is 0 Å². The molecule has 1 N–H and O–H groups in total. The molecule has 0 saturated heterocycles. The van der Waals surface area contributed by atoms with Crippen molar-refractivity contribution in [1.29, 1.82) is 0 Å². The van der Waals surface area contributed by atoms with E-state index in [1.807, 2.05) is 48.5 Å². The predicted molar refractivity (Wildman–Crippen MR) is 112 cm³/mol. The van der Waals surface area contributed by atoms with E-state index in [0.29, 0.717) is 36.0 Å². The molecule has 0 fully saturated rings. The van der Waals surface area contributed by atoms with Crippen molar-refractivity contribution >= 4 is 11.6 Å². The van der Waals surface area contributed by atoms with Crippen LogP contribution in [0.3, 0.4) is 0 Å². The third-order valence-electron chi connectivity index (χ3n) is 4.09. The van der Waals surface area contributed by atoms with Crippen molar-refractivity contribution in [3.63, 3.8) is 0 Å². The van der Waals surface area contributed by atoms with Gasteiger partial charge < -0.3 is 14.8 Å². The zero-order valence-corrected chi connectivity index (χ0v) is 15.6. The lowest BCUT2D eigenvalue weighted by atomic mass is 10.1. The summed E-state index contributed by atoms with van der Waals surface area (Å²) in [5.41, 5.74) is 2.35. The van der Waals surface area contributed by atoms with Gasteiger partial charge in [-0.3, -0.25) is 4.79 Å². The molecule has 0 bridgehead atoms. The Balaban J connectivity index is 1.62. The fraction of sp³-hybridized carbons (Fsp3) is 0.125. The molecule has 3 rings (SSSR count). The summed E-state index contributed by atoms with van der Waals surface area (Å²) in [7, 11) is 0. The van der Waals surface area contributed by atoms with Gasteiger partial charge in [-0.15, -0.1) is 0 Å². The van der Waals surface area contributed by atoms with Gasteiger partial charge >= 0.3 is 0 Å². The minimum Gasteiger partial charge on any atom is -0.493 e. The summed E-state index contributed by atoms with van der Waals surface area (Å²) < 4.78 is 11.4. The summed E-state index contributed by atoms with van der Waals surface area (Å²) in [6.45, 7) is 4.56. The highest BCUT2D eigenvalue weighted by Crippen LogP contribution is 2.25. The second-order valence-electron chi connectivity index (χ2n) is 6.16. The van der Waals surface area contributed by atoms with Crippen LogP contribution in [0, 0.1) is 0 Å². The molecule has 3 aromatic rings. The third kappa shape index (κ3) is 5.48. The molecule has 4 heteroatoms. The van der Waals surface area contributed by atoms with Crippen molar-refractivity contribution in [2.75, 3.05) is 18.5 Å². The second kappa shape index (κ2) is 9.97. The van der Waals surface area contributed by atoms with E-state index < -0.39 is 0 Å². The van der Waals surface area contributed by atoms with Gasteiger partial charge in [0.15, 0.2) is 0 Å². The summed E-state index contributed by atoms with van der Waals surface area (Å²) in [6, 6.07) is 24.6. The van der Waals surface area contributed by atoms with Crippen LogP contribution >= 0.6 is 0 Å². The Morgan fingerprint density at radius 3 is 2.54 bits per heavy atom. The van der Waals surface area contributed by atoms with Gasteiger partial charge in [0.2, 0.25) is 0 Å². The molecular formula is C24H23NO3. The summed E-state index contributed by atoms with van der Waals surface area (Å²) in [5, 5.41) is 2.89. The maximum atomic E-state index is 12.6. The van der Waals surface area contributed by atoms with Crippen molar-refractivity contribution in [2.24, 2.45) is 0 Å². The van der Waals surface area contributed by atoms with E-state index in [1.165, 1.54) is 5.56 Å². The Bertz CT molecular complexity index is 922. The van der Waals surface area contributed by atoms with E-state index in [2.05, 4.69) is 24.0 Å². The van der Waals surface area contributed by atoms with Crippen LogP contribution in [-0.2, 0) is 6.42 Å². The van der Waals surface area contributed by atoms with Crippen LogP contribution in [0.15, 0.2) is 91.5 Å². The number of carbonyl (C=O) groups excluding carboxylic acids is 1. The van der Waals surface area contributed by atoms with Gasteiger partial charge in [0, 0.05) is 12.0 Å². The largest absolute Gasteiger partial charge is 0.493 e. The smallest absolute Gasteiger partial charge is 0.255 e. The van der Waals surface area contributed by atoms with Gasteiger partial charge in [0.05, 0.1) is 12.3 Å². The van der Waals surface area contributed by atoms with E-state index in [4.69, 9.17) is 9.47 Å². The molecule has 0 aliphatic rings. The minimum atomic E-state index is -0.219. The van der Waals surface area contributed by atoms with Gasteiger partial charge in [-0.05, 0) is 35.9 Å². The first-order chi connectivity index (χ1) is 13.8. The molecule has 0 atom stereocenters. The molecule has 0 aliphatic carbocycles. The molecule has 28 heavy (non-hydrogen) atoms. The van der Waals surface area contributed by atoms with Gasteiger partial charge in [-0.1, -0.05) is 61.2 Å². The van der Waals surface area contributed by atoms with Crippen molar-refractivity contribution in [1.82, 2.24) is 0 Å². The monoisotopic (exact) mass is 373 g/mol. The lowest BCUT2D eigenvalue weighted by Gasteiger charge is -2.12. The van der Waals surface area contributed by atoms with Crippen LogP contribution in [0.2, 0.25) is 0 Å². The molecule has 0 saturated carbocycles. The highest BCUT2D eigenvalue weighted by Gasteiger charge is 2.10. The molecule has 0 unspecified atom stereocenters. The van der Waals surface area contributed by atoms with E-state index >= 15 is 0 Å². The first kappa shape index (κ1) is 19.2. The van der Waals surface area contributed by atoms with Crippen molar-refractivity contribution in [2.45, 2.75) is 6.42 Å². The molecule has 4 nitrogen and oxygen atoms in total. The number of rotatable bonds is 9. The molecular weight excluding hydrogens is 350 g/mol. The number of benzene rings is 3. The topological polar surface area (TPSA) is 47.6 Å². The highest BCUT2D eigenvalue weighted by atomic mass is 16.5. The normalized spacial score (nSPS) is 10.1. The van der Waals surface area contributed by atoms with Crippen molar-refractivity contribution in [3.05, 3.63) is 103 Å². The molecule has 1 amide bonds. The summed E-state index contributed by atoms with van der Waals surface area (Å²) in [4.78, 5) is 12.6. The predicted octanol–water partition coefficient (Wildman–Crippen LogP) is 5.13. The fourth-order valence-corrected chi connectivity index (χ4v) is 2.70. The molecule has 3 aromatic carbocycles. The number of para-hydroxylation sites is 2. The Kier molecular flexibility index (Phi) is 6.85. The van der Waals surface area contributed by atoms with E-state index in [0.717, 1.165) is 6.42 Å². The zero-order valence-electron chi connectivity index (χ0n) is 15.6. The number of amides is 1. The standard InChI is InChI=1S/C24H23NO3/c1-2-16-28-23-14-7-6-13-22(23)25-24(26)20-11-8-12-21(18-20)27-17-15-19-9-4-3-5-10-19/h2-14,18H,1,15-17H2,(H,25,26). The average molecular weight is 373 g/mol. The Morgan fingerprint density at radius 1 is 0.929 bits per heavy atom. The Labute approximate surface area is 165 Å². The van der Waals surface area contributed by atoms with E-state index in [1.54, 1.807) is 24.3 Å². The maximum absolute atomic E-state index is 12.6. The Hall–Kier alpha value is -3.53. The summed E-state index contributed by atoms with van der Waals surface area (Å²) >= 11 is 0. The van der Waals surface area contributed by atoms with Crippen LogP contribution in [-0.4, -0.2) is 19.1 Å². The Morgan fingerprint density at radius 2 is 1.71 bits per heavy atom. The van der Waals surface area contributed by atoms with Crippen LogP contribution in [0.5, 0.6) is 11.5 Å². The van der Waals surface area contributed by atoms with Crippen LogP contribution in [0.1, 0.15) is 15.9 Å². The van der Waals surface area contributed by atoms with E-state index in [-0.39, 0.29) is 5.91 Å². The number of carbonyl (C=O) groups is 1. The summed E-state index contributed by atoms with van der Waals surface area (Å²) in [5.74, 6) is 1.05. The molecule has 0 heterocycles. The fourth-order valence-electron chi connectivity index (χ4n) is 2.70. The van der Waals surface area contributed by atoms with Crippen LogP contribution in [0.25, 0.3) is 0 Å². The molecule has 0 spiro atoms. The quantitative estimate of drug-likeness (QED) is 0.529. The number of ether oxygens (including phenoxy) is 2. The lowest BCUT2D eigenvalue weighted by Crippen LogP contribution is -2.13. The number of anilines is 1. The molecule has 0 aliphatic heterocycles. The third-order valence-corrected chi connectivity index (χ3v) is 4.09. The number of hydrogen-bond donors (Lipinski definition) is 1. The SMILES string of the molecule is C=CCOc1ccccc1NC(=O)c1cccc(OCCc2ccccc2)c1. The number of hydrogen-bond acceptors (Lipinski definition) is 3. The van der Waals surface area contributed by atoms with E-state index in [9.17, 15) is 4.79 Å². The summed E-state index contributed by atoms with van der Waals surface area (Å²) in [6.07, 6.45) is 2.47. The second-order valence-corrected chi connectivity index (χ2v) is 6.16. The van der Waals surface area contributed by atoms with Crippen LogP contribution < -0.4 is 14.8 Å². The highest BCUT2D eigenvalue weighted by molar-refractivity contribution is 6.05. The number of nitrogens with one attached hydrogen (secondary N) is 1. The average Bonchev–Trinajstić information content (AvgIpc) is 2.74. The van der Waals surface area contributed by atoms with Gasteiger partial charge in [0.1, 0.15) is 18.1 Å². The molecule has 0 radical (unpaired) electrons. The van der Waals surface area contributed by atoms with Crippen molar-refractivity contribution < 1.29 is 14.3 Å². The maximum Gasteiger partial charge on any atom is 0.255 e. The minimum absolute atomic E-state index is 0.219. The zero-order chi connectivity index (χ0) is 19.6. The lowest BCUT2D eigenvalue weighted by molar-refractivity contribution is 0.102. The molecule has 0 aromatic heterocycles. The van der Waals surface area contributed by atoms with Crippen molar-refractivity contribution in [3.8, 4) is 11.5 Å².